The van der Waals surface area contributed by atoms with E-state index in [0.29, 0.717) is 5.75 Å². The largest absolute Gasteiger partial charge is 0.455 e. The normalized spacial score (nSPS) is 12.0. The second kappa shape index (κ2) is 8.20. The van der Waals surface area contributed by atoms with E-state index in [4.69, 9.17) is 4.74 Å². The minimum atomic E-state index is -4.65. The molecular formula is C24H18F3NO3S. The predicted octanol–water partition coefficient (Wildman–Crippen LogP) is 6.76. The van der Waals surface area contributed by atoms with Crippen molar-refractivity contribution >= 4 is 26.5 Å². The Morgan fingerprint density at radius 2 is 1.50 bits per heavy atom. The van der Waals surface area contributed by atoms with Crippen LogP contribution in [0.3, 0.4) is 0 Å². The van der Waals surface area contributed by atoms with Gasteiger partial charge >= 0.3 is 6.18 Å². The van der Waals surface area contributed by atoms with Gasteiger partial charge in [0, 0.05) is 0 Å². The molecule has 4 aromatic carbocycles. The van der Waals surface area contributed by atoms with Crippen molar-refractivity contribution in [2.45, 2.75) is 18.0 Å². The Hall–Kier alpha value is -3.52. The van der Waals surface area contributed by atoms with E-state index in [1.165, 1.54) is 12.1 Å². The lowest BCUT2D eigenvalue weighted by molar-refractivity contribution is -0.137. The topological polar surface area (TPSA) is 55.4 Å². The number of sulfonamides is 1. The molecule has 4 nitrogen and oxygen atoms in total. The van der Waals surface area contributed by atoms with Crippen LogP contribution >= 0.6 is 0 Å². The van der Waals surface area contributed by atoms with Gasteiger partial charge in [-0.2, -0.15) is 13.2 Å². The second-order valence-corrected chi connectivity index (χ2v) is 8.92. The molecule has 0 amide bonds. The average molecular weight is 457 g/mol. The molecule has 0 aliphatic heterocycles. The Morgan fingerprint density at radius 3 is 2.19 bits per heavy atom. The molecule has 0 atom stereocenters. The molecule has 0 aliphatic rings. The summed E-state index contributed by atoms with van der Waals surface area (Å²) in [6.07, 6.45) is -4.65. The number of hydrogen-bond acceptors (Lipinski definition) is 3. The number of halogens is 3. The average Bonchev–Trinajstić information content (AvgIpc) is 2.74. The summed E-state index contributed by atoms with van der Waals surface area (Å²) < 4.78 is 73.5. The van der Waals surface area contributed by atoms with Gasteiger partial charge in [0.15, 0.2) is 5.75 Å². The van der Waals surface area contributed by atoms with Gasteiger partial charge in [0.25, 0.3) is 10.0 Å². The number of hydrogen-bond donors (Lipinski definition) is 1. The van der Waals surface area contributed by atoms with Crippen molar-refractivity contribution in [1.82, 2.24) is 0 Å². The third kappa shape index (κ3) is 4.70. The molecule has 0 saturated heterocycles. The molecule has 0 unspecified atom stereocenters. The van der Waals surface area contributed by atoms with Gasteiger partial charge in [0.05, 0.1) is 16.1 Å². The lowest BCUT2D eigenvalue weighted by atomic mass is 10.1. The van der Waals surface area contributed by atoms with Crippen LogP contribution in [0.5, 0.6) is 11.5 Å². The summed E-state index contributed by atoms with van der Waals surface area (Å²) in [5, 5.41) is 1.84. The zero-order valence-electron chi connectivity index (χ0n) is 16.8. The van der Waals surface area contributed by atoms with Gasteiger partial charge in [-0.05, 0) is 60.2 Å². The van der Waals surface area contributed by atoms with Crippen molar-refractivity contribution < 1.29 is 26.3 Å². The van der Waals surface area contributed by atoms with Gasteiger partial charge in [-0.1, -0.05) is 48.0 Å². The predicted molar refractivity (Wildman–Crippen MR) is 117 cm³/mol. The van der Waals surface area contributed by atoms with Crippen LogP contribution in [-0.2, 0) is 16.2 Å². The van der Waals surface area contributed by atoms with Gasteiger partial charge in [0.1, 0.15) is 5.75 Å². The first-order valence-corrected chi connectivity index (χ1v) is 11.1. The van der Waals surface area contributed by atoms with E-state index >= 15 is 0 Å². The second-order valence-electron chi connectivity index (χ2n) is 7.24. The van der Waals surface area contributed by atoms with Gasteiger partial charge in [-0.3, -0.25) is 4.72 Å². The van der Waals surface area contributed by atoms with Crippen LogP contribution in [-0.4, -0.2) is 8.42 Å². The summed E-state index contributed by atoms with van der Waals surface area (Å²) in [6, 6.07) is 21.4. The molecule has 164 valence electrons. The number of benzene rings is 4. The van der Waals surface area contributed by atoms with Gasteiger partial charge < -0.3 is 4.74 Å². The summed E-state index contributed by atoms with van der Waals surface area (Å²) >= 11 is 0. The third-order valence-corrected chi connectivity index (χ3v) is 6.21. The van der Waals surface area contributed by atoms with Crippen molar-refractivity contribution in [2.75, 3.05) is 4.72 Å². The summed E-state index contributed by atoms with van der Waals surface area (Å²) in [5.41, 5.74) is -0.457. The van der Waals surface area contributed by atoms with Crippen LogP contribution in [0.15, 0.2) is 89.8 Å². The fraction of sp³-hybridized carbons (Fsp3) is 0.0833. The summed E-state index contributed by atoms with van der Waals surface area (Å²) in [6.45, 7) is 1.80. The number of nitrogens with one attached hydrogen (secondary N) is 1. The highest BCUT2D eigenvalue weighted by Crippen LogP contribution is 2.38. The highest BCUT2D eigenvalue weighted by atomic mass is 32.2. The van der Waals surface area contributed by atoms with Crippen LogP contribution in [0.1, 0.15) is 11.1 Å². The molecule has 0 fully saturated rings. The van der Waals surface area contributed by atoms with E-state index in [9.17, 15) is 21.6 Å². The van der Waals surface area contributed by atoms with Gasteiger partial charge in [0.2, 0.25) is 0 Å². The van der Waals surface area contributed by atoms with E-state index in [-0.39, 0.29) is 16.3 Å². The molecule has 4 aromatic rings. The Morgan fingerprint density at radius 1 is 0.812 bits per heavy atom. The lowest BCUT2D eigenvalue weighted by Crippen LogP contribution is -2.15. The first kappa shape index (κ1) is 21.7. The van der Waals surface area contributed by atoms with Crippen molar-refractivity contribution in [2.24, 2.45) is 0 Å². The number of rotatable bonds is 5. The van der Waals surface area contributed by atoms with Crippen LogP contribution in [0.4, 0.5) is 18.9 Å². The Bertz CT molecular complexity index is 1380. The van der Waals surface area contributed by atoms with Crippen LogP contribution in [0, 0.1) is 6.92 Å². The van der Waals surface area contributed by atoms with E-state index < -0.39 is 21.8 Å². The highest BCUT2D eigenvalue weighted by molar-refractivity contribution is 7.92. The SMILES string of the molecule is Cc1ccc(S(=O)(=O)Nc2cc(C(F)(F)F)ccc2Oc2ccc3ccccc3c2)cc1. The van der Waals surface area contributed by atoms with Crippen LogP contribution in [0.25, 0.3) is 10.8 Å². The van der Waals surface area contributed by atoms with Crippen molar-refractivity contribution in [3.63, 3.8) is 0 Å². The van der Waals surface area contributed by atoms with Crippen LogP contribution < -0.4 is 9.46 Å². The van der Waals surface area contributed by atoms with Crippen molar-refractivity contribution in [3.05, 3.63) is 96.1 Å². The quantitative estimate of drug-likeness (QED) is 0.360. The van der Waals surface area contributed by atoms with Gasteiger partial charge in [-0.15, -0.1) is 0 Å². The maximum Gasteiger partial charge on any atom is 0.416 e. The molecule has 0 bridgehead atoms. The zero-order chi connectivity index (χ0) is 22.9. The minimum absolute atomic E-state index is 0.0519. The Labute approximate surface area is 183 Å². The molecule has 0 heterocycles. The fourth-order valence-corrected chi connectivity index (χ4v) is 4.22. The molecule has 0 saturated carbocycles. The number of anilines is 1. The van der Waals surface area contributed by atoms with E-state index in [2.05, 4.69) is 4.72 Å². The Kier molecular flexibility index (Phi) is 5.56. The highest BCUT2D eigenvalue weighted by Gasteiger charge is 2.32. The molecule has 32 heavy (non-hydrogen) atoms. The fourth-order valence-electron chi connectivity index (χ4n) is 3.15. The van der Waals surface area contributed by atoms with Crippen LogP contribution in [0.2, 0.25) is 0 Å². The maximum absolute atomic E-state index is 13.3. The van der Waals surface area contributed by atoms with Crippen molar-refractivity contribution in [1.29, 1.82) is 0 Å². The molecular weight excluding hydrogens is 439 g/mol. The summed E-state index contributed by atoms with van der Waals surface area (Å²) in [5.74, 6) is 0.309. The Balaban J connectivity index is 1.74. The van der Waals surface area contributed by atoms with E-state index in [1.54, 1.807) is 31.2 Å². The van der Waals surface area contributed by atoms with E-state index in [1.807, 2.05) is 30.3 Å². The molecule has 0 radical (unpaired) electrons. The number of fused-ring (bicyclic) bond motifs is 1. The zero-order valence-corrected chi connectivity index (χ0v) is 17.7. The molecule has 0 aromatic heterocycles. The molecule has 0 aliphatic carbocycles. The molecule has 4 rings (SSSR count). The third-order valence-electron chi connectivity index (χ3n) is 4.83. The maximum atomic E-state index is 13.3. The van der Waals surface area contributed by atoms with Crippen molar-refractivity contribution in [3.8, 4) is 11.5 Å². The molecule has 8 heteroatoms. The summed E-state index contributed by atoms with van der Waals surface area (Å²) in [4.78, 5) is -0.0721. The number of alkyl halides is 3. The van der Waals surface area contributed by atoms with E-state index in [0.717, 1.165) is 34.5 Å². The number of ether oxygens (including phenoxy) is 1. The van der Waals surface area contributed by atoms with Gasteiger partial charge in [-0.25, -0.2) is 8.42 Å². The summed E-state index contributed by atoms with van der Waals surface area (Å²) in [7, 11) is -4.14. The smallest absolute Gasteiger partial charge is 0.416 e. The standard InChI is InChI=1S/C24H18F3NO3S/c1-16-6-11-21(12-7-16)32(29,30)28-22-15-19(24(25,26)27)9-13-23(22)31-20-10-8-17-4-2-3-5-18(17)14-20/h2-15,28H,1H3. The molecule has 0 spiro atoms. The lowest BCUT2D eigenvalue weighted by Gasteiger charge is -2.16. The molecule has 1 N–H and O–H groups in total. The first-order chi connectivity index (χ1) is 15.1. The number of aryl methyl sites for hydroxylation is 1. The monoisotopic (exact) mass is 457 g/mol. The minimum Gasteiger partial charge on any atom is -0.455 e. The first-order valence-electron chi connectivity index (χ1n) is 9.59.